The third-order valence-corrected chi connectivity index (χ3v) is 9.28. The number of hydrogen-bond acceptors (Lipinski definition) is 5. The summed E-state index contributed by atoms with van der Waals surface area (Å²) in [6, 6.07) is 38.8. The van der Waals surface area contributed by atoms with Gasteiger partial charge >= 0.3 is 5.97 Å². The van der Waals surface area contributed by atoms with Gasteiger partial charge in [0.1, 0.15) is 22.3 Å². The van der Waals surface area contributed by atoms with E-state index in [0.29, 0.717) is 0 Å². The summed E-state index contributed by atoms with van der Waals surface area (Å²) in [5.41, 5.74) is 6.89. The first-order chi connectivity index (χ1) is 22.6. The highest BCUT2D eigenvalue weighted by Gasteiger charge is 2.31. The van der Waals surface area contributed by atoms with Gasteiger partial charge in [0.25, 0.3) is 5.82 Å². The maximum Gasteiger partial charge on any atom is 0.372 e. The van der Waals surface area contributed by atoms with Gasteiger partial charge in [-0.25, -0.2) is 14.3 Å². The number of benzene rings is 7. The molecule has 9 aromatic rings. The smallest absolute Gasteiger partial charge is 0.372 e. The number of nitrogens with zero attached hydrogens (tertiary/aromatic N) is 3. The molecule has 0 aliphatic carbocycles. The van der Waals surface area contributed by atoms with E-state index in [1.54, 1.807) is 19.2 Å². The SMILES string of the molecule is COc1ccc2c(c1)c(-c1ccc(C(=O)OO)cc1)c(-[n+]1c3ccccc3nc3c4cccc5ccc6cccc(c6c54)c31)n2C. The molecular weight excluding hydrogens is 574 g/mol. The predicted molar refractivity (Wildman–Crippen MR) is 181 cm³/mol. The van der Waals surface area contributed by atoms with Crippen LogP contribution in [-0.2, 0) is 11.9 Å². The van der Waals surface area contributed by atoms with E-state index in [2.05, 4.69) is 93.9 Å². The summed E-state index contributed by atoms with van der Waals surface area (Å²) >= 11 is 0. The maximum atomic E-state index is 12.1. The van der Waals surface area contributed by atoms with Crippen LogP contribution < -0.4 is 9.30 Å². The second-order valence-corrected chi connectivity index (χ2v) is 11.6. The fourth-order valence-corrected chi connectivity index (χ4v) is 7.26. The zero-order valence-corrected chi connectivity index (χ0v) is 25.0. The first-order valence-electron chi connectivity index (χ1n) is 15.0. The number of carbonyl (C=O) groups excluding carboxylic acids is 1. The van der Waals surface area contributed by atoms with Crippen molar-refractivity contribution in [3.63, 3.8) is 0 Å². The van der Waals surface area contributed by atoms with Gasteiger partial charge in [-0.15, -0.1) is 0 Å². The van der Waals surface area contributed by atoms with Crippen LogP contribution in [0.25, 0.3) is 82.2 Å². The van der Waals surface area contributed by atoms with E-state index in [1.807, 2.05) is 30.3 Å². The summed E-state index contributed by atoms with van der Waals surface area (Å²) in [7, 11) is 3.75. The highest BCUT2D eigenvalue weighted by atomic mass is 17.1. The summed E-state index contributed by atoms with van der Waals surface area (Å²) in [6.45, 7) is 0. The molecule has 9 rings (SSSR count). The van der Waals surface area contributed by atoms with Crippen molar-refractivity contribution in [2.45, 2.75) is 0 Å². The Labute approximate surface area is 262 Å². The fourth-order valence-electron chi connectivity index (χ4n) is 7.26. The van der Waals surface area contributed by atoms with E-state index in [-0.39, 0.29) is 5.56 Å². The number of rotatable bonds is 4. The minimum Gasteiger partial charge on any atom is -0.497 e. The largest absolute Gasteiger partial charge is 0.497 e. The average molecular weight is 601 g/mol. The minimum atomic E-state index is -0.809. The molecule has 0 saturated carbocycles. The van der Waals surface area contributed by atoms with Gasteiger partial charge in [-0.1, -0.05) is 66.7 Å². The Bertz CT molecular complexity index is 2690. The van der Waals surface area contributed by atoms with Crippen molar-refractivity contribution in [1.29, 1.82) is 0 Å². The number of carbonyl (C=O) groups is 1. The number of ether oxygens (including phenoxy) is 1. The van der Waals surface area contributed by atoms with Crippen molar-refractivity contribution in [3.05, 3.63) is 121 Å². The monoisotopic (exact) mass is 600 g/mol. The van der Waals surface area contributed by atoms with Crippen LogP contribution in [0.1, 0.15) is 10.4 Å². The van der Waals surface area contributed by atoms with Crippen LogP contribution in [0.4, 0.5) is 0 Å². The van der Waals surface area contributed by atoms with Gasteiger partial charge < -0.3 is 4.74 Å². The average Bonchev–Trinajstić information content (AvgIpc) is 3.40. The molecule has 0 radical (unpaired) electrons. The van der Waals surface area contributed by atoms with Gasteiger partial charge in [-0.05, 0) is 70.3 Å². The molecule has 0 atom stereocenters. The number of hydrogen-bond donors (Lipinski definition) is 1. The quantitative estimate of drug-likeness (QED) is 0.0722. The second kappa shape index (κ2) is 9.72. The van der Waals surface area contributed by atoms with Gasteiger partial charge in [-0.2, -0.15) is 9.82 Å². The number of methoxy groups -OCH3 is 1. The molecule has 7 aromatic carbocycles. The normalized spacial score (nSPS) is 11.9. The summed E-state index contributed by atoms with van der Waals surface area (Å²) in [4.78, 5) is 21.5. The molecule has 0 aliphatic heterocycles. The number of aromatic nitrogens is 3. The van der Waals surface area contributed by atoms with Gasteiger partial charge in [0.05, 0.1) is 25.3 Å². The highest BCUT2D eigenvalue weighted by Crippen LogP contribution is 2.42. The van der Waals surface area contributed by atoms with Crippen molar-refractivity contribution >= 4 is 71.3 Å². The van der Waals surface area contributed by atoms with E-state index in [0.717, 1.165) is 66.4 Å². The summed E-state index contributed by atoms with van der Waals surface area (Å²) < 4.78 is 10.3. The van der Waals surface area contributed by atoms with Crippen LogP contribution in [-0.4, -0.2) is 27.9 Å². The predicted octanol–water partition coefficient (Wildman–Crippen LogP) is 8.36. The molecule has 2 aromatic heterocycles. The lowest BCUT2D eigenvalue weighted by molar-refractivity contribution is -0.542. The van der Waals surface area contributed by atoms with Crippen molar-refractivity contribution in [2.24, 2.45) is 7.05 Å². The zero-order valence-electron chi connectivity index (χ0n) is 25.0. The molecule has 0 aliphatic rings. The number of fused-ring (bicyclic) bond motifs is 5. The van der Waals surface area contributed by atoms with Crippen LogP contribution in [0.5, 0.6) is 5.75 Å². The Kier molecular flexibility index (Phi) is 5.57. The standard InChI is InChI=1S/C39H25N3O4/c1-41-31-20-19-26(45-2)21-29(31)35(24-15-17-25(18-16-24)39(43)46-44)38(41)42-32-12-4-3-11-30(32)40-36-27-9-5-7-22-13-14-23-8-6-10-28(37(36)42)34(23)33(22)27/h3-21H,1-2H3/p+1. The van der Waals surface area contributed by atoms with E-state index in [9.17, 15) is 4.79 Å². The first kappa shape index (κ1) is 26.4. The lowest BCUT2D eigenvalue weighted by Gasteiger charge is -2.17. The van der Waals surface area contributed by atoms with E-state index in [1.165, 1.54) is 21.5 Å². The molecule has 0 fully saturated rings. The maximum absolute atomic E-state index is 12.1. The topological polar surface area (TPSA) is 77.5 Å². The molecule has 1 N–H and O–H groups in total. The molecule has 0 bridgehead atoms. The van der Waals surface area contributed by atoms with Gasteiger partial charge in [0.15, 0.2) is 11.0 Å². The molecular formula is C39H26N3O4+. The molecule has 7 heteroatoms. The lowest BCUT2D eigenvalue weighted by atomic mass is 9.92. The molecule has 0 amide bonds. The van der Waals surface area contributed by atoms with Crippen molar-refractivity contribution < 1.29 is 24.2 Å². The second-order valence-electron chi connectivity index (χ2n) is 11.6. The minimum absolute atomic E-state index is 0.251. The molecule has 46 heavy (non-hydrogen) atoms. The molecule has 220 valence electrons. The third-order valence-electron chi connectivity index (χ3n) is 9.28. The number of para-hydroxylation sites is 2. The van der Waals surface area contributed by atoms with Gasteiger partial charge in [-0.3, -0.25) is 4.89 Å². The van der Waals surface area contributed by atoms with Crippen molar-refractivity contribution in [2.75, 3.05) is 7.11 Å². The van der Waals surface area contributed by atoms with E-state index in [4.69, 9.17) is 15.0 Å². The first-order valence-corrected chi connectivity index (χ1v) is 15.0. The Balaban J connectivity index is 1.53. The molecule has 0 unspecified atom stereocenters. The zero-order chi connectivity index (χ0) is 31.1. The lowest BCUT2D eigenvalue weighted by Crippen LogP contribution is -2.36. The van der Waals surface area contributed by atoms with Crippen molar-refractivity contribution in [1.82, 2.24) is 9.55 Å². The molecule has 7 nitrogen and oxygen atoms in total. The summed E-state index contributed by atoms with van der Waals surface area (Å²) in [6.07, 6.45) is 0. The number of aryl methyl sites for hydroxylation is 1. The Hall–Kier alpha value is -6.05. The molecule has 0 spiro atoms. The van der Waals surface area contributed by atoms with Gasteiger partial charge in [0, 0.05) is 21.5 Å². The molecule has 0 saturated heterocycles. The van der Waals surface area contributed by atoms with Crippen LogP contribution >= 0.6 is 0 Å². The van der Waals surface area contributed by atoms with Crippen LogP contribution in [0.15, 0.2) is 115 Å². The van der Waals surface area contributed by atoms with Crippen LogP contribution in [0, 0.1) is 0 Å². The van der Waals surface area contributed by atoms with Crippen LogP contribution in [0.3, 0.4) is 0 Å². The van der Waals surface area contributed by atoms with E-state index >= 15 is 0 Å². The Morgan fingerprint density at radius 3 is 2.24 bits per heavy atom. The van der Waals surface area contributed by atoms with Gasteiger partial charge in [0.2, 0.25) is 0 Å². The summed E-state index contributed by atoms with van der Waals surface area (Å²) in [5, 5.41) is 17.0. The highest BCUT2D eigenvalue weighted by molar-refractivity contribution is 6.32. The van der Waals surface area contributed by atoms with E-state index < -0.39 is 5.97 Å². The third kappa shape index (κ3) is 3.54. The fraction of sp³-hybridized carbons (Fsp3) is 0.0513. The molecule has 2 heterocycles. The van der Waals surface area contributed by atoms with Crippen molar-refractivity contribution in [3.8, 4) is 22.7 Å². The van der Waals surface area contributed by atoms with Crippen LogP contribution in [0.2, 0.25) is 0 Å². The Morgan fingerprint density at radius 2 is 1.50 bits per heavy atom. The Morgan fingerprint density at radius 1 is 0.783 bits per heavy atom. The summed E-state index contributed by atoms with van der Waals surface area (Å²) in [5.74, 6) is 0.874.